The summed E-state index contributed by atoms with van der Waals surface area (Å²) in [7, 11) is 5.55. The zero-order valence-corrected chi connectivity index (χ0v) is 11.3. The van der Waals surface area contributed by atoms with Gasteiger partial charge in [-0.3, -0.25) is 4.79 Å². The maximum atomic E-state index is 12.4. The van der Waals surface area contributed by atoms with E-state index in [0.717, 1.165) is 5.30 Å². The van der Waals surface area contributed by atoms with Crippen LogP contribution in [0.25, 0.3) is 0 Å². The molecule has 1 aromatic heterocycles. The quantitative estimate of drug-likeness (QED) is 0.626. The molecule has 0 spiro atoms. The van der Waals surface area contributed by atoms with Crippen molar-refractivity contribution in [3.8, 4) is 11.5 Å². The third-order valence-electron chi connectivity index (χ3n) is 2.55. The fraction of sp³-hybridized carbons (Fsp3) is 0.154. The summed E-state index contributed by atoms with van der Waals surface area (Å²) in [5.41, 5.74) is 0.363. The Morgan fingerprint density at radius 3 is 2.56 bits per heavy atom. The van der Waals surface area contributed by atoms with E-state index in [9.17, 15) is 4.79 Å². The number of carbonyl (C=O) groups is 1. The van der Waals surface area contributed by atoms with Crippen LogP contribution >= 0.6 is 9.24 Å². The van der Waals surface area contributed by atoms with Crippen molar-refractivity contribution < 1.29 is 18.7 Å². The molecule has 18 heavy (non-hydrogen) atoms. The molecule has 2 rings (SSSR count). The maximum absolute atomic E-state index is 12.4. The predicted octanol–water partition coefficient (Wildman–Crippen LogP) is 2.03. The molecule has 0 fully saturated rings. The van der Waals surface area contributed by atoms with E-state index in [1.807, 2.05) is 0 Å². The summed E-state index contributed by atoms with van der Waals surface area (Å²) in [5.74, 6) is 0.917. The van der Waals surface area contributed by atoms with Crippen molar-refractivity contribution in [1.29, 1.82) is 0 Å². The van der Waals surface area contributed by atoms with Gasteiger partial charge in [0.15, 0.2) is 5.76 Å². The highest BCUT2D eigenvalue weighted by Crippen LogP contribution is 2.30. The van der Waals surface area contributed by atoms with Crippen LogP contribution in [-0.4, -0.2) is 20.0 Å². The standard InChI is InChI=1S/C13H13O4P/c1-15-8-5-6-10(18)13(16-2)11(8)12(14)9-4-3-7-17-9/h3-7H,18H2,1-2H3. The number of methoxy groups -OCH3 is 2. The lowest BCUT2D eigenvalue weighted by Gasteiger charge is -2.13. The number of hydrogen-bond acceptors (Lipinski definition) is 4. The minimum atomic E-state index is -0.266. The van der Waals surface area contributed by atoms with Crippen LogP contribution in [0.4, 0.5) is 0 Å². The van der Waals surface area contributed by atoms with E-state index < -0.39 is 0 Å². The van der Waals surface area contributed by atoms with E-state index in [1.165, 1.54) is 20.5 Å². The zero-order chi connectivity index (χ0) is 13.1. The van der Waals surface area contributed by atoms with Gasteiger partial charge in [0, 0.05) is 5.30 Å². The Morgan fingerprint density at radius 2 is 2.00 bits per heavy atom. The highest BCUT2D eigenvalue weighted by molar-refractivity contribution is 7.27. The molecule has 0 radical (unpaired) electrons. The Labute approximate surface area is 107 Å². The Hall–Kier alpha value is -1.80. The van der Waals surface area contributed by atoms with Crippen molar-refractivity contribution in [3.05, 3.63) is 41.9 Å². The van der Waals surface area contributed by atoms with Crippen molar-refractivity contribution in [2.75, 3.05) is 14.2 Å². The molecule has 1 heterocycles. The largest absolute Gasteiger partial charge is 0.496 e. The maximum Gasteiger partial charge on any atom is 0.235 e. The summed E-state index contributed by atoms with van der Waals surface area (Å²) in [5, 5.41) is 0.785. The molecule has 0 saturated heterocycles. The SMILES string of the molecule is COc1ccc(P)c(OC)c1C(=O)c1ccco1. The lowest BCUT2D eigenvalue weighted by atomic mass is 10.1. The highest BCUT2D eigenvalue weighted by Gasteiger charge is 2.23. The molecule has 94 valence electrons. The van der Waals surface area contributed by atoms with Gasteiger partial charge >= 0.3 is 0 Å². The molecular formula is C13H13O4P. The predicted molar refractivity (Wildman–Crippen MR) is 71.0 cm³/mol. The lowest BCUT2D eigenvalue weighted by Crippen LogP contribution is -2.11. The number of carbonyl (C=O) groups excluding carboxylic acids is 1. The van der Waals surface area contributed by atoms with E-state index in [4.69, 9.17) is 13.9 Å². The van der Waals surface area contributed by atoms with Crippen LogP contribution in [0, 0.1) is 0 Å². The van der Waals surface area contributed by atoms with Crippen molar-refractivity contribution in [1.82, 2.24) is 0 Å². The summed E-state index contributed by atoms with van der Waals surface area (Å²) in [4.78, 5) is 12.4. The topological polar surface area (TPSA) is 48.7 Å². The molecule has 5 heteroatoms. The average molecular weight is 264 g/mol. The second-order valence-corrected chi connectivity index (χ2v) is 4.19. The molecule has 0 saturated carbocycles. The van der Waals surface area contributed by atoms with Gasteiger partial charge in [0.2, 0.25) is 5.78 Å². The van der Waals surface area contributed by atoms with Gasteiger partial charge in [0.1, 0.15) is 17.1 Å². The minimum absolute atomic E-state index is 0.252. The number of rotatable bonds is 4. The molecule has 0 aliphatic rings. The van der Waals surface area contributed by atoms with Gasteiger partial charge in [0.05, 0.1) is 20.5 Å². The molecule has 4 nitrogen and oxygen atoms in total. The second-order valence-electron chi connectivity index (χ2n) is 3.57. The smallest absolute Gasteiger partial charge is 0.235 e. The first kappa shape index (κ1) is 12.7. The Balaban J connectivity index is 2.61. The molecule has 2 aromatic rings. The van der Waals surface area contributed by atoms with Crippen molar-refractivity contribution in [2.45, 2.75) is 0 Å². The van der Waals surface area contributed by atoms with E-state index in [1.54, 1.807) is 24.3 Å². The first-order valence-electron chi connectivity index (χ1n) is 5.27. The lowest BCUT2D eigenvalue weighted by molar-refractivity contribution is 0.100. The second kappa shape index (κ2) is 5.23. The van der Waals surface area contributed by atoms with E-state index in [-0.39, 0.29) is 11.5 Å². The van der Waals surface area contributed by atoms with Gasteiger partial charge in [-0.15, -0.1) is 9.24 Å². The van der Waals surface area contributed by atoms with Crippen LogP contribution in [0.15, 0.2) is 34.9 Å². The number of hydrogen-bond donors (Lipinski definition) is 0. The Morgan fingerprint density at radius 1 is 1.22 bits per heavy atom. The van der Waals surface area contributed by atoms with E-state index >= 15 is 0 Å². The molecule has 0 N–H and O–H groups in total. The third kappa shape index (κ3) is 2.12. The molecule has 1 unspecified atom stereocenters. The van der Waals surface area contributed by atoms with E-state index in [2.05, 4.69) is 9.24 Å². The third-order valence-corrected chi connectivity index (χ3v) is 3.00. The molecule has 0 aliphatic carbocycles. The summed E-state index contributed by atoms with van der Waals surface area (Å²) in [6, 6.07) is 6.80. The van der Waals surface area contributed by atoms with Gasteiger partial charge in [-0.05, 0) is 24.3 Å². The van der Waals surface area contributed by atoms with Crippen LogP contribution in [-0.2, 0) is 0 Å². The number of furan rings is 1. The molecule has 0 aliphatic heterocycles. The van der Waals surface area contributed by atoms with Crippen molar-refractivity contribution in [2.24, 2.45) is 0 Å². The van der Waals surface area contributed by atoms with Crippen LogP contribution < -0.4 is 14.8 Å². The van der Waals surface area contributed by atoms with Gasteiger partial charge in [-0.1, -0.05) is 0 Å². The van der Waals surface area contributed by atoms with E-state index in [0.29, 0.717) is 17.1 Å². The first-order chi connectivity index (χ1) is 8.69. The van der Waals surface area contributed by atoms with Crippen LogP contribution in [0.5, 0.6) is 11.5 Å². The minimum Gasteiger partial charge on any atom is -0.496 e. The number of ether oxygens (including phenoxy) is 2. The fourth-order valence-electron chi connectivity index (χ4n) is 1.72. The van der Waals surface area contributed by atoms with Gasteiger partial charge in [-0.25, -0.2) is 0 Å². The van der Waals surface area contributed by atoms with Gasteiger partial charge in [-0.2, -0.15) is 0 Å². The molecular weight excluding hydrogens is 251 g/mol. The van der Waals surface area contributed by atoms with Crippen LogP contribution in [0.2, 0.25) is 0 Å². The zero-order valence-electron chi connectivity index (χ0n) is 10.1. The summed E-state index contributed by atoms with van der Waals surface area (Å²) < 4.78 is 15.6. The number of ketones is 1. The van der Waals surface area contributed by atoms with Gasteiger partial charge < -0.3 is 13.9 Å². The molecule has 1 aromatic carbocycles. The van der Waals surface area contributed by atoms with Crippen LogP contribution in [0.1, 0.15) is 16.1 Å². The summed E-state index contributed by atoms with van der Waals surface area (Å²) in [6.45, 7) is 0. The fourth-order valence-corrected chi connectivity index (χ4v) is 2.08. The Kier molecular flexibility index (Phi) is 3.68. The number of benzene rings is 1. The molecule has 0 bridgehead atoms. The summed E-state index contributed by atoms with van der Waals surface area (Å²) >= 11 is 0. The van der Waals surface area contributed by atoms with Crippen molar-refractivity contribution in [3.63, 3.8) is 0 Å². The normalized spacial score (nSPS) is 10.2. The molecule has 1 atom stereocenters. The highest BCUT2D eigenvalue weighted by atomic mass is 31.0. The van der Waals surface area contributed by atoms with Crippen LogP contribution in [0.3, 0.4) is 0 Å². The monoisotopic (exact) mass is 264 g/mol. The van der Waals surface area contributed by atoms with Gasteiger partial charge in [0.25, 0.3) is 0 Å². The van der Waals surface area contributed by atoms with Crippen molar-refractivity contribution >= 4 is 20.3 Å². The molecule has 0 amide bonds. The summed E-state index contributed by atoms with van der Waals surface area (Å²) in [6.07, 6.45) is 1.46. The first-order valence-corrected chi connectivity index (χ1v) is 5.85. The Bertz CT molecular complexity index is 561. The average Bonchev–Trinajstić information content (AvgIpc) is 2.91.